The second-order valence-corrected chi connectivity index (χ2v) is 19.9. The number of likely N-dealkylation sites (N-methyl/N-ethyl adjacent to an activating group) is 1. The number of carbonyl (C=O) groups excluding carboxylic acids is 2. The highest BCUT2D eigenvalue weighted by Gasteiger charge is 2.21. The topological polar surface area (TPSA) is 111 Å². The van der Waals surface area contributed by atoms with Gasteiger partial charge in [-0.05, 0) is 57.8 Å². The first-order chi connectivity index (χ1) is 31.0. The highest BCUT2D eigenvalue weighted by molar-refractivity contribution is 7.45. The molecule has 0 aromatic carbocycles. The Bertz CT molecular complexity index is 1270. The lowest BCUT2D eigenvalue weighted by molar-refractivity contribution is -0.870. The maximum atomic E-state index is 12.7. The quantitative estimate of drug-likeness (QED) is 0.0195. The average Bonchev–Trinajstić information content (AvgIpc) is 3.25. The Labute approximate surface area is 394 Å². The van der Waals surface area contributed by atoms with Crippen LogP contribution < -0.4 is 4.89 Å². The van der Waals surface area contributed by atoms with Crippen LogP contribution in [0.4, 0.5) is 0 Å². The summed E-state index contributed by atoms with van der Waals surface area (Å²) in [5, 5.41) is 0. The molecule has 64 heavy (non-hydrogen) atoms. The average molecular weight is 920 g/mol. The molecule has 2 unspecified atom stereocenters. The van der Waals surface area contributed by atoms with Gasteiger partial charge in [-0.15, -0.1) is 0 Å². The van der Waals surface area contributed by atoms with E-state index in [4.69, 9.17) is 18.5 Å². The van der Waals surface area contributed by atoms with Crippen molar-refractivity contribution in [1.82, 2.24) is 0 Å². The Kier molecular flexibility index (Phi) is 44.2. The van der Waals surface area contributed by atoms with E-state index in [0.717, 1.165) is 83.5 Å². The van der Waals surface area contributed by atoms with Gasteiger partial charge in [-0.25, -0.2) is 0 Å². The molecule has 0 spiro atoms. The molecular weight excluding hydrogens is 822 g/mol. The smallest absolute Gasteiger partial charge is 0.306 e. The van der Waals surface area contributed by atoms with Gasteiger partial charge in [-0.2, -0.15) is 0 Å². The minimum Gasteiger partial charge on any atom is -0.756 e. The standard InChI is InChI=1S/C54H98NO8P/c1-6-8-10-12-14-16-18-20-22-24-26-27-29-31-33-35-37-39-41-43-45-47-54(57)63-52(51-62-64(58,59)61-49-48-55(3,4)5)50-60-53(56)46-44-42-40-38-36-34-32-30-28-25-23-21-19-17-15-13-11-9-7-2/h8,10,14,16,20,22,26-27,31,33,52H,6-7,9,11-13,15,17-19,21,23-25,28-30,32,34-51H2,1-5H3/b10-8-,16-14-,22-20-,27-26-,33-31-. The van der Waals surface area contributed by atoms with Crippen molar-refractivity contribution in [3.63, 3.8) is 0 Å². The molecule has 9 nitrogen and oxygen atoms in total. The fraction of sp³-hybridized carbons (Fsp3) is 0.778. The third-order valence-electron chi connectivity index (χ3n) is 11.1. The van der Waals surface area contributed by atoms with E-state index in [1.807, 2.05) is 21.1 Å². The highest BCUT2D eigenvalue weighted by Crippen LogP contribution is 2.38. The predicted octanol–water partition coefficient (Wildman–Crippen LogP) is 15.0. The van der Waals surface area contributed by atoms with Crippen molar-refractivity contribution in [2.75, 3.05) is 47.5 Å². The molecule has 0 aliphatic heterocycles. The number of hydrogen-bond acceptors (Lipinski definition) is 8. The summed E-state index contributed by atoms with van der Waals surface area (Å²) >= 11 is 0. The van der Waals surface area contributed by atoms with Gasteiger partial charge in [-0.1, -0.05) is 209 Å². The molecule has 0 saturated carbocycles. The number of unbranched alkanes of at least 4 members (excludes halogenated alkanes) is 23. The summed E-state index contributed by atoms with van der Waals surface area (Å²) in [6, 6.07) is 0. The lowest BCUT2D eigenvalue weighted by atomic mass is 10.0. The Balaban J connectivity index is 4.28. The molecule has 0 bridgehead atoms. The van der Waals surface area contributed by atoms with Crippen molar-refractivity contribution in [3.05, 3.63) is 60.8 Å². The van der Waals surface area contributed by atoms with Gasteiger partial charge in [-0.3, -0.25) is 14.2 Å². The number of carbonyl (C=O) groups is 2. The summed E-state index contributed by atoms with van der Waals surface area (Å²) in [6.45, 7) is 4.12. The second-order valence-electron chi connectivity index (χ2n) is 18.5. The summed E-state index contributed by atoms with van der Waals surface area (Å²) < 4.78 is 34.0. The van der Waals surface area contributed by atoms with Gasteiger partial charge in [0.1, 0.15) is 19.8 Å². The molecule has 0 aromatic rings. The van der Waals surface area contributed by atoms with E-state index < -0.39 is 26.5 Å². The molecule has 2 atom stereocenters. The van der Waals surface area contributed by atoms with E-state index in [1.54, 1.807) is 0 Å². The van der Waals surface area contributed by atoms with Crippen LogP contribution in [0.3, 0.4) is 0 Å². The number of hydrogen-bond donors (Lipinski definition) is 0. The lowest BCUT2D eigenvalue weighted by Gasteiger charge is -2.28. The number of rotatable bonds is 47. The van der Waals surface area contributed by atoms with E-state index in [1.165, 1.54) is 103 Å². The molecule has 372 valence electrons. The van der Waals surface area contributed by atoms with Crippen molar-refractivity contribution in [3.8, 4) is 0 Å². The van der Waals surface area contributed by atoms with Crippen LogP contribution in [0, 0.1) is 0 Å². The first-order valence-corrected chi connectivity index (χ1v) is 27.5. The summed E-state index contributed by atoms with van der Waals surface area (Å²) in [5.74, 6) is -0.851. The molecule has 0 aromatic heterocycles. The first-order valence-electron chi connectivity index (χ1n) is 26.0. The molecule has 0 aliphatic rings. The van der Waals surface area contributed by atoms with E-state index in [0.29, 0.717) is 17.4 Å². The number of phosphoric ester groups is 1. The fourth-order valence-corrected chi connectivity index (χ4v) is 7.76. The van der Waals surface area contributed by atoms with Gasteiger partial charge in [0.25, 0.3) is 7.82 Å². The van der Waals surface area contributed by atoms with Gasteiger partial charge in [0.05, 0.1) is 27.7 Å². The van der Waals surface area contributed by atoms with Gasteiger partial charge in [0.15, 0.2) is 6.10 Å². The van der Waals surface area contributed by atoms with Gasteiger partial charge in [0.2, 0.25) is 0 Å². The van der Waals surface area contributed by atoms with Crippen molar-refractivity contribution in [2.24, 2.45) is 0 Å². The molecule has 0 N–H and O–H groups in total. The largest absolute Gasteiger partial charge is 0.756 e. The third kappa shape index (κ3) is 49.2. The number of quaternary nitrogens is 1. The van der Waals surface area contributed by atoms with Crippen LogP contribution in [0.2, 0.25) is 0 Å². The highest BCUT2D eigenvalue weighted by atomic mass is 31.2. The molecule has 0 fully saturated rings. The van der Waals surface area contributed by atoms with Crippen LogP contribution in [0.15, 0.2) is 60.8 Å². The summed E-state index contributed by atoms with van der Waals surface area (Å²) in [4.78, 5) is 37.7. The Hall–Kier alpha value is -2.29. The molecule has 0 saturated heterocycles. The van der Waals surface area contributed by atoms with Crippen LogP contribution in [0.5, 0.6) is 0 Å². The van der Waals surface area contributed by atoms with Gasteiger partial charge in [0, 0.05) is 12.8 Å². The summed E-state index contributed by atoms with van der Waals surface area (Å²) in [5.41, 5.74) is 0. The molecule has 0 radical (unpaired) electrons. The van der Waals surface area contributed by atoms with Crippen LogP contribution >= 0.6 is 7.82 Å². The van der Waals surface area contributed by atoms with Crippen molar-refractivity contribution >= 4 is 19.8 Å². The van der Waals surface area contributed by atoms with Crippen molar-refractivity contribution < 1.29 is 42.1 Å². The molecule has 0 aliphatic carbocycles. The SMILES string of the molecule is CC/C=C\C/C=C\C/C=C\C/C=C\C/C=C\CCCCCCCC(=O)OC(COC(=O)CCCCCCCCCCCCCCCCCCCCC)COP(=O)([O-])OCC[N+](C)(C)C. The molecular formula is C54H98NO8P. The number of esters is 2. The van der Waals surface area contributed by atoms with Gasteiger partial charge >= 0.3 is 11.9 Å². The monoisotopic (exact) mass is 920 g/mol. The van der Waals surface area contributed by atoms with Crippen LogP contribution in [-0.4, -0.2) is 70.0 Å². The van der Waals surface area contributed by atoms with Crippen LogP contribution in [0.1, 0.15) is 219 Å². The normalized spacial score (nSPS) is 13.9. The molecule has 0 rings (SSSR count). The Morgan fingerprint density at radius 3 is 1.33 bits per heavy atom. The Morgan fingerprint density at radius 1 is 0.500 bits per heavy atom. The molecule has 10 heteroatoms. The number of ether oxygens (including phenoxy) is 2. The van der Waals surface area contributed by atoms with E-state index in [9.17, 15) is 19.0 Å². The molecule has 0 amide bonds. The minimum absolute atomic E-state index is 0.0362. The van der Waals surface area contributed by atoms with Crippen LogP contribution in [0.25, 0.3) is 0 Å². The predicted molar refractivity (Wildman–Crippen MR) is 268 cm³/mol. The number of phosphoric acid groups is 1. The zero-order valence-corrected chi connectivity index (χ0v) is 42.9. The summed E-state index contributed by atoms with van der Waals surface area (Å²) in [6.07, 6.45) is 56.8. The maximum Gasteiger partial charge on any atom is 0.306 e. The zero-order chi connectivity index (χ0) is 47.1. The summed E-state index contributed by atoms with van der Waals surface area (Å²) in [7, 11) is 1.15. The van der Waals surface area contributed by atoms with E-state index >= 15 is 0 Å². The van der Waals surface area contributed by atoms with Crippen LogP contribution in [-0.2, 0) is 32.7 Å². The fourth-order valence-electron chi connectivity index (χ4n) is 7.04. The third-order valence-corrected chi connectivity index (χ3v) is 12.0. The van der Waals surface area contributed by atoms with E-state index in [-0.39, 0.29) is 32.0 Å². The first kappa shape index (κ1) is 61.7. The molecule has 0 heterocycles. The second kappa shape index (κ2) is 45.8. The van der Waals surface area contributed by atoms with Crippen molar-refractivity contribution in [2.45, 2.75) is 225 Å². The van der Waals surface area contributed by atoms with Crippen molar-refractivity contribution in [1.29, 1.82) is 0 Å². The maximum absolute atomic E-state index is 12.7. The zero-order valence-electron chi connectivity index (χ0n) is 42.0. The van der Waals surface area contributed by atoms with E-state index in [2.05, 4.69) is 74.6 Å². The lowest BCUT2D eigenvalue weighted by Crippen LogP contribution is -2.37. The number of allylic oxidation sites excluding steroid dienone is 10. The minimum atomic E-state index is -4.64. The number of nitrogens with zero attached hydrogens (tertiary/aromatic N) is 1. The van der Waals surface area contributed by atoms with Gasteiger partial charge < -0.3 is 27.9 Å². The Morgan fingerprint density at radius 2 is 0.891 bits per heavy atom.